The van der Waals surface area contributed by atoms with Crippen molar-refractivity contribution in [3.63, 3.8) is 0 Å². The molecule has 1 aromatic heterocycles. The van der Waals surface area contributed by atoms with Gasteiger partial charge in [-0.25, -0.2) is 9.37 Å². The first-order chi connectivity index (χ1) is 10.1. The van der Waals surface area contributed by atoms with Gasteiger partial charge in [0.2, 0.25) is 5.95 Å². The van der Waals surface area contributed by atoms with Crippen LogP contribution in [0.4, 0.5) is 10.3 Å². The molecule has 0 fully saturated rings. The molecular weight excluding hydrogens is 337 g/mol. The topological polar surface area (TPSA) is 39.1 Å². The van der Waals surface area contributed by atoms with Gasteiger partial charge in [0, 0.05) is 30.4 Å². The summed E-state index contributed by atoms with van der Waals surface area (Å²) in [6.07, 6.45) is 2.77. The smallest absolute Gasteiger partial charge is 0.207 e. The summed E-state index contributed by atoms with van der Waals surface area (Å²) in [6, 6.07) is 4.60. The summed E-state index contributed by atoms with van der Waals surface area (Å²) in [4.78, 5) is 4.44. The van der Waals surface area contributed by atoms with Crippen LogP contribution in [0.5, 0.6) is 0 Å². The molecule has 1 heterocycles. The number of rotatable bonds is 7. The molecule has 21 heavy (non-hydrogen) atoms. The quantitative estimate of drug-likeness (QED) is 0.765. The zero-order valence-electron chi connectivity index (χ0n) is 12.2. The van der Waals surface area contributed by atoms with Crippen LogP contribution in [0.1, 0.15) is 19.0 Å². The minimum Gasteiger partial charge on any atom is -0.382 e. The fraction of sp³-hybridized carbons (Fsp3) is 0.400. The Morgan fingerprint density at radius 1 is 1.43 bits per heavy atom. The molecule has 2 rings (SSSR count). The van der Waals surface area contributed by atoms with Crippen molar-refractivity contribution in [2.75, 3.05) is 25.1 Å². The van der Waals surface area contributed by atoms with Crippen molar-refractivity contribution in [2.24, 2.45) is 0 Å². The maximum atomic E-state index is 13.5. The third kappa shape index (κ3) is 4.28. The standard InChI is InChI=1S/C15H19BrFN3O/c1-3-21-8-4-7-18-15-19-11(2)10-20(15)14-9-12(17)5-6-13(14)16/h5-6,9-10H,3-4,7-8H2,1-2H3,(H,18,19). The molecule has 0 amide bonds. The Balaban J connectivity index is 2.14. The van der Waals surface area contributed by atoms with Gasteiger partial charge in [0.1, 0.15) is 5.82 Å². The average molecular weight is 356 g/mol. The van der Waals surface area contributed by atoms with Crippen LogP contribution in [0.15, 0.2) is 28.9 Å². The second kappa shape index (κ2) is 7.56. The first kappa shape index (κ1) is 16.0. The van der Waals surface area contributed by atoms with Gasteiger partial charge in [0.05, 0.1) is 11.4 Å². The monoisotopic (exact) mass is 355 g/mol. The normalized spacial score (nSPS) is 10.9. The van der Waals surface area contributed by atoms with Crippen molar-refractivity contribution in [1.29, 1.82) is 0 Å². The van der Waals surface area contributed by atoms with Crippen molar-refractivity contribution >= 4 is 21.9 Å². The van der Waals surface area contributed by atoms with E-state index in [9.17, 15) is 4.39 Å². The predicted octanol–water partition coefficient (Wildman–Crippen LogP) is 3.92. The lowest BCUT2D eigenvalue weighted by atomic mass is 10.3. The number of hydrogen-bond donors (Lipinski definition) is 1. The highest BCUT2D eigenvalue weighted by Crippen LogP contribution is 2.25. The molecule has 0 atom stereocenters. The second-order valence-electron chi connectivity index (χ2n) is 4.65. The Bertz CT molecular complexity index is 601. The Hall–Kier alpha value is -1.40. The van der Waals surface area contributed by atoms with E-state index in [-0.39, 0.29) is 5.82 Å². The van der Waals surface area contributed by atoms with Crippen molar-refractivity contribution < 1.29 is 9.13 Å². The van der Waals surface area contributed by atoms with Crippen LogP contribution in [-0.4, -0.2) is 29.3 Å². The molecule has 0 aliphatic heterocycles. The Morgan fingerprint density at radius 2 is 2.24 bits per heavy atom. The highest BCUT2D eigenvalue weighted by molar-refractivity contribution is 9.10. The second-order valence-corrected chi connectivity index (χ2v) is 5.50. The van der Waals surface area contributed by atoms with Crippen molar-refractivity contribution in [3.8, 4) is 5.69 Å². The van der Waals surface area contributed by atoms with E-state index in [1.807, 2.05) is 24.6 Å². The van der Waals surface area contributed by atoms with Crippen molar-refractivity contribution in [2.45, 2.75) is 20.3 Å². The van der Waals surface area contributed by atoms with E-state index < -0.39 is 0 Å². The summed E-state index contributed by atoms with van der Waals surface area (Å²) < 4.78 is 21.4. The number of halogens is 2. The molecule has 114 valence electrons. The van der Waals surface area contributed by atoms with Gasteiger partial charge in [-0.3, -0.25) is 4.57 Å². The largest absolute Gasteiger partial charge is 0.382 e. The third-order valence-corrected chi connectivity index (χ3v) is 3.62. The highest BCUT2D eigenvalue weighted by atomic mass is 79.9. The lowest BCUT2D eigenvalue weighted by molar-refractivity contribution is 0.147. The zero-order valence-corrected chi connectivity index (χ0v) is 13.8. The number of ether oxygens (including phenoxy) is 1. The van der Waals surface area contributed by atoms with Gasteiger partial charge >= 0.3 is 0 Å². The predicted molar refractivity (Wildman–Crippen MR) is 85.6 cm³/mol. The summed E-state index contributed by atoms with van der Waals surface area (Å²) in [5.41, 5.74) is 1.60. The van der Waals surface area contributed by atoms with Gasteiger partial charge < -0.3 is 10.1 Å². The summed E-state index contributed by atoms with van der Waals surface area (Å²) in [5, 5.41) is 3.27. The number of nitrogens with zero attached hydrogens (tertiary/aromatic N) is 2. The molecule has 6 heteroatoms. The molecule has 0 saturated carbocycles. The molecule has 1 N–H and O–H groups in total. The maximum absolute atomic E-state index is 13.5. The minimum absolute atomic E-state index is 0.276. The van der Waals surface area contributed by atoms with Crippen LogP contribution < -0.4 is 5.32 Å². The fourth-order valence-corrected chi connectivity index (χ4v) is 2.43. The van der Waals surface area contributed by atoms with Gasteiger partial charge in [0.25, 0.3) is 0 Å². The van der Waals surface area contributed by atoms with Crippen LogP contribution in [0.3, 0.4) is 0 Å². The van der Waals surface area contributed by atoms with E-state index in [4.69, 9.17) is 4.74 Å². The molecule has 4 nitrogen and oxygen atoms in total. The lowest BCUT2D eigenvalue weighted by Crippen LogP contribution is -2.10. The summed E-state index contributed by atoms with van der Waals surface area (Å²) >= 11 is 3.45. The molecule has 0 unspecified atom stereocenters. The number of anilines is 1. The van der Waals surface area contributed by atoms with Gasteiger partial charge in [-0.15, -0.1) is 0 Å². The Morgan fingerprint density at radius 3 is 3.00 bits per heavy atom. The number of hydrogen-bond acceptors (Lipinski definition) is 3. The van der Waals surface area contributed by atoms with Gasteiger partial charge in [-0.05, 0) is 54.4 Å². The van der Waals surface area contributed by atoms with E-state index in [1.54, 1.807) is 6.07 Å². The number of aromatic nitrogens is 2. The summed E-state index contributed by atoms with van der Waals surface area (Å²) in [5.74, 6) is 0.428. The highest BCUT2D eigenvalue weighted by Gasteiger charge is 2.11. The zero-order chi connectivity index (χ0) is 15.2. The van der Waals surface area contributed by atoms with E-state index >= 15 is 0 Å². The van der Waals surface area contributed by atoms with E-state index in [0.29, 0.717) is 12.6 Å². The Labute approximate surface area is 132 Å². The van der Waals surface area contributed by atoms with E-state index in [2.05, 4.69) is 26.2 Å². The lowest BCUT2D eigenvalue weighted by Gasteiger charge is -2.11. The number of aryl methyl sites for hydroxylation is 1. The van der Waals surface area contributed by atoms with Gasteiger partial charge in [0.15, 0.2) is 0 Å². The van der Waals surface area contributed by atoms with Crippen LogP contribution in [0, 0.1) is 12.7 Å². The average Bonchev–Trinajstić information content (AvgIpc) is 2.82. The van der Waals surface area contributed by atoms with Crippen LogP contribution in [0.2, 0.25) is 0 Å². The summed E-state index contributed by atoms with van der Waals surface area (Å²) in [7, 11) is 0. The fourth-order valence-electron chi connectivity index (χ4n) is 2.00. The Kier molecular flexibility index (Phi) is 5.76. The number of imidazole rings is 1. The molecule has 0 spiro atoms. The molecule has 0 radical (unpaired) electrons. The van der Waals surface area contributed by atoms with Crippen LogP contribution in [-0.2, 0) is 4.74 Å². The molecule has 0 bridgehead atoms. The first-order valence-electron chi connectivity index (χ1n) is 6.95. The first-order valence-corrected chi connectivity index (χ1v) is 7.74. The maximum Gasteiger partial charge on any atom is 0.207 e. The summed E-state index contributed by atoms with van der Waals surface area (Å²) in [6.45, 7) is 6.08. The minimum atomic E-state index is -0.276. The molecule has 0 aliphatic carbocycles. The molecule has 2 aromatic rings. The van der Waals surface area contributed by atoms with Crippen LogP contribution >= 0.6 is 15.9 Å². The molecule has 0 saturated heterocycles. The van der Waals surface area contributed by atoms with Crippen LogP contribution in [0.25, 0.3) is 5.69 Å². The molecule has 0 aliphatic rings. The van der Waals surface area contributed by atoms with Gasteiger partial charge in [-0.1, -0.05) is 0 Å². The molecule has 1 aromatic carbocycles. The number of nitrogens with one attached hydrogen (secondary N) is 1. The third-order valence-electron chi connectivity index (χ3n) is 2.95. The van der Waals surface area contributed by atoms with Crippen molar-refractivity contribution in [1.82, 2.24) is 9.55 Å². The van der Waals surface area contributed by atoms with Gasteiger partial charge in [-0.2, -0.15) is 0 Å². The van der Waals surface area contributed by atoms with E-state index in [0.717, 1.165) is 35.4 Å². The SMILES string of the molecule is CCOCCCNc1nc(C)cn1-c1cc(F)ccc1Br. The molecular formula is C15H19BrFN3O. The van der Waals surface area contributed by atoms with E-state index in [1.165, 1.54) is 12.1 Å². The number of benzene rings is 1. The van der Waals surface area contributed by atoms with Crippen molar-refractivity contribution in [3.05, 3.63) is 40.4 Å².